The second-order valence-corrected chi connectivity index (χ2v) is 9.43. The summed E-state index contributed by atoms with van der Waals surface area (Å²) in [5.41, 5.74) is 5.68. The van der Waals surface area contributed by atoms with Crippen molar-refractivity contribution < 1.29 is 0 Å². The van der Waals surface area contributed by atoms with Crippen LogP contribution in [0.1, 0.15) is 16.7 Å². The second-order valence-electron chi connectivity index (χ2n) is 6.42. The first-order valence-corrected chi connectivity index (χ1v) is 11.5. The van der Waals surface area contributed by atoms with Crippen LogP contribution in [0.5, 0.6) is 0 Å². The number of aryl methyl sites for hydroxylation is 2. The number of fused-ring (bicyclic) bond motifs is 1. The van der Waals surface area contributed by atoms with Gasteiger partial charge in [-0.05, 0) is 42.7 Å². The molecule has 28 heavy (non-hydrogen) atoms. The maximum atomic E-state index is 6.36. The van der Waals surface area contributed by atoms with E-state index in [0.29, 0.717) is 20.8 Å². The molecule has 0 aliphatic rings. The average Bonchev–Trinajstić information content (AvgIpc) is 3.12. The van der Waals surface area contributed by atoms with Gasteiger partial charge in [0.2, 0.25) is 0 Å². The van der Waals surface area contributed by atoms with Crippen molar-refractivity contribution in [2.24, 2.45) is 0 Å². The molecule has 4 aromatic rings. The van der Waals surface area contributed by atoms with E-state index in [1.165, 1.54) is 16.7 Å². The van der Waals surface area contributed by atoms with Crippen LogP contribution in [0.2, 0.25) is 15.1 Å². The zero-order valence-electron chi connectivity index (χ0n) is 15.1. The van der Waals surface area contributed by atoms with Gasteiger partial charge in [-0.1, -0.05) is 53.0 Å². The van der Waals surface area contributed by atoms with Crippen LogP contribution in [-0.4, -0.2) is 9.97 Å². The van der Waals surface area contributed by atoms with E-state index in [-0.39, 0.29) is 0 Å². The summed E-state index contributed by atoms with van der Waals surface area (Å²) in [7, 11) is 0. The molecule has 0 unspecified atom stereocenters. The number of hydrogen-bond acceptors (Lipinski definition) is 4. The summed E-state index contributed by atoms with van der Waals surface area (Å²) in [5.74, 6) is 0.576. The highest BCUT2D eigenvalue weighted by atomic mass is 35.5. The Balaban J connectivity index is 1.75. The number of thiophene rings is 1. The molecular formula is C21H15Cl3N2S2. The molecule has 2 aromatic heterocycles. The van der Waals surface area contributed by atoms with Crippen LogP contribution in [0.15, 0.2) is 47.1 Å². The van der Waals surface area contributed by atoms with Gasteiger partial charge in [0.15, 0.2) is 0 Å². The first kappa shape index (κ1) is 20.0. The SMILES string of the molecule is Cc1ccc(-c2csc3ncnc(SCc4c(Cl)ccc(Cl)c4Cl)c23)cc1C. The maximum Gasteiger partial charge on any atom is 0.128 e. The minimum atomic E-state index is 0.492. The third-order valence-electron chi connectivity index (χ3n) is 4.65. The molecule has 0 spiro atoms. The third-order valence-corrected chi connectivity index (χ3v) is 7.75. The summed E-state index contributed by atoms with van der Waals surface area (Å²) >= 11 is 22.1. The molecule has 142 valence electrons. The Morgan fingerprint density at radius 1 is 0.964 bits per heavy atom. The van der Waals surface area contributed by atoms with Gasteiger partial charge in [0.1, 0.15) is 16.2 Å². The van der Waals surface area contributed by atoms with Crippen molar-refractivity contribution in [2.75, 3.05) is 0 Å². The number of halogens is 3. The van der Waals surface area contributed by atoms with Crippen LogP contribution < -0.4 is 0 Å². The van der Waals surface area contributed by atoms with Crippen LogP contribution in [0.3, 0.4) is 0 Å². The summed E-state index contributed by atoms with van der Waals surface area (Å²) in [4.78, 5) is 9.96. The van der Waals surface area contributed by atoms with Gasteiger partial charge in [-0.2, -0.15) is 0 Å². The van der Waals surface area contributed by atoms with Crippen molar-refractivity contribution in [1.29, 1.82) is 0 Å². The van der Waals surface area contributed by atoms with E-state index in [2.05, 4.69) is 47.4 Å². The van der Waals surface area contributed by atoms with Crippen molar-refractivity contribution >= 4 is 68.1 Å². The number of thioether (sulfide) groups is 1. The van der Waals surface area contributed by atoms with Crippen molar-refractivity contribution in [1.82, 2.24) is 9.97 Å². The average molecular weight is 466 g/mol. The van der Waals surface area contributed by atoms with E-state index in [9.17, 15) is 0 Å². The van der Waals surface area contributed by atoms with E-state index in [1.807, 2.05) is 0 Å². The normalized spacial score (nSPS) is 11.3. The first-order valence-electron chi connectivity index (χ1n) is 8.50. The fraction of sp³-hybridized carbons (Fsp3) is 0.143. The number of benzene rings is 2. The monoisotopic (exact) mass is 464 g/mol. The Morgan fingerprint density at radius 2 is 1.75 bits per heavy atom. The lowest BCUT2D eigenvalue weighted by Crippen LogP contribution is -1.90. The fourth-order valence-corrected chi connectivity index (χ4v) is 5.79. The predicted molar refractivity (Wildman–Crippen MR) is 123 cm³/mol. The smallest absolute Gasteiger partial charge is 0.128 e. The number of nitrogens with zero attached hydrogens (tertiary/aromatic N) is 2. The Bertz CT molecular complexity index is 1190. The molecule has 7 heteroatoms. The Labute approximate surface area is 186 Å². The van der Waals surface area contributed by atoms with Crippen molar-refractivity contribution in [3.8, 4) is 11.1 Å². The molecule has 2 nitrogen and oxygen atoms in total. The highest BCUT2D eigenvalue weighted by Gasteiger charge is 2.16. The zero-order chi connectivity index (χ0) is 19.8. The van der Waals surface area contributed by atoms with Gasteiger partial charge in [0.25, 0.3) is 0 Å². The van der Waals surface area contributed by atoms with Gasteiger partial charge in [-0.3, -0.25) is 0 Å². The first-order chi connectivity index (χ1) is 13.5. The topological polar surface area (TPSA) is 25.8 Å². The van der Waals surface area contributed by atoms with E-state index >= 15 is 0 Å². The quantitative estimate of drug-likeness (QED) is 0.172. The molecule has 0 aliphatic carbocycles. The van der Waals surface area contributed by atoms with Gasteiger partial charge >= 0.3 is 0 Å². The zero-order valence-corrected chi connectivity index (χ0v) is 19.0. The van der Waals surface area contributed by atoms with Crippen molar-refractivity contribution in [3.63, 3.8) is 0 Å². The summed E-state index contributed by atoms with van der Waals surface area (Å²) in [6, 6.07) is 9.99. The second kappa shape index (κ2) is 8.21. The molecule has 0 aliphatic heterocycles. The van der Waals surface area contributed by atoms with Gasteiger partial charge in [-0.15, -0.1) is 23.1 Å². The minimum Gasteiger partial charge on any atom is -0.229 e. The summed E-state index contributed by atoms with van der Waals surface area (Å²) in [6.45, 7) is 4.25. The number of rotatable bonds is 4. The Kier molecular flexibility index (Phi) is 5.86. The van der Waals surface area contributed by atoms with E-state index in [4.69, 9.17) is 34.8 Å². The fourth-order valence-electron chi connectivity index (χ4n) is 2.92. The van der Waals surface area contributed by atoms with E-state index < -0.39 is 0 Å². The standard InChI is InChI=1S/C21H15Cl3N2S2/c1-11-3-4-13(7-12(11)2)14-8-27-20-18(14)21(26-10-25-20)28-9-15-16(22)5-6-17(23)19(15)24/h3-8,10H,9H2,1-2H3. The summed E-state index contributed by atoms with van der Waals surface area (Å²) in [6.07, 6.45) is 1.60. The molecule has 0 amide bonds. The predicted octanol–water partition coefficient (Wildman–Crippen LogP) is 8.23. The lowest BCUT2D eigenvalue weighted by atomic mass is 10.0. The molecule has 2 aromatic carbocycles. The Hall–Kier alpha value is -1.30. The molecule has 0 atom stereocenters. The third kappa shape index (κ3) is 3.77. The van der Waals surface area contributed by atoms with Crippen LogP contribution in [0.25, 0.3) is 21.3 Å². The van der Waals surface area contributed by atoms with Crippen molar-refractivity contribution in [3.05, 3.63) is 73.8 Å². The van der Waals surface area contributed by atoms with Crippen LogP contribution in [0, 0.1) is 13.8 Å². The van der Waals surface area contributed by atoms with Crippen LogP contribution in [-0.2, 0) is 5.75 Å². The molecule has 0 bridgehead atoms. The molecule has 0 radical (unpaired) electrons. The van der Waals surface area contributed by atoms with Crippen LogP contribution in [0.4, 0.5) is 0 Å². The Morgan fingerprint density at radius 3 is 2.54 bits per heavy atom. The van der Waals surface area contributed by atoms with Gasteiger partial charge in [0, 0.05) is 27.3 Å². The molecular weight excluding hydrogens is 451 g/mol. The molecule has 0 saturated carbocycles. The van der Waals surface area contributed by atoms with E-state index in [1.54, 1.807) is 41.6 Å². The largest absolute Gasteiger partial charge is 0.229 e. The minimum absolute atomic E-state index is 0.492. The molecule has 4 rings (SSSR count). The summed E-state index contributed by atoms with van der Waals surface area (Å²) < 4.78 is 0. The highest BCUT2D eigenvalue weighted by molar-refractivity contribution is 7.98. The molecule has 0 saturated heterocycles. The lowest BCUT2D eigenvalue weighted by Gasteiger charge is -2.10. The van der Waals surface area contributed by atoms with Gasteiger partial charge in [0.05, 0.1) is 15.4 Å². The van der Waals surface area contributed by atoms with E-state index in [0.717, 1.165) is 26.4 Å². The highest BCUT2D eigenvalue weighted by Crippen LogP contribution is 2.41. The van der Waals surface area contributed by atoms with Crippen LogP contribution >= 0.6 is 57.9 Å². The molecule has 2 heterocycles. The summed E-state index contributed by atoms with van der Waals surface area (Å²) in [5, 5.41) is 5.72. The van der Waals surface area contributed by atoms with Crippen molar-refractivity contribution in [2.45, 2.75) is 24.6 Å². The van der Waals surface area contributed by atoms with Gasteiger partial charge < -0.3 is 0 Å². The molecule has 0 fully saturated rings. The van der Waals surface area contributed by atoms with Gasteiger partial charge in [-0.25, -0.2) is 9.97 Å². The number of aromatic nitrogens is 2. The maximum absolute atomic E-state index is 6.36. The molecule has 0 N–H and O–H groups in total. The lowest BCUT2D eigenvalue weighted by molar-refractivity contribution is 1.11. The number of hydrogen-bond donors (Lipinski definition) is 0.